The van der Waals surface area contributed by atoms with E-state index >= 15 is 0 Å². The molecular formula is C55H35N3O+2. The van der Waals surface area contributed by atoms with Crippen LogP contribution in [0.25, 0.3) is 121 Å². The molecule has 0 atom stereocenters. The van der Waals surface area contributed by atoms with Gasteiger partial charge in [0.05, 0.1) is 16.1 Å². The Morgan fingerprint density at radius 2 is 0.864 bits per heavy atom. The van der Waals surface area contributed by atoms with Crippen LogP contribution >= 0.6 is 0 Å². The van der Waals surface area contributed by atoms with Crippen molar-refractivity contribution in [2.24, 2.45) is 0 Å². The Labute approximate surface area is 339 Å². The second-order valence-corrected chi connectivity index (χ2v) is 15.3. The predicted molar refractivity (Wildman–Crippen MR) is 242 cm³/mol. The average molecular weight is 754 g/mol. The first-order valence-electron chi connectivity index (χ1n) is 20.0. The lowest BCUT2D eigenvalue weighted by atomic mass is 9.92. The van der Waals surface area contributed by atoms with Gasteiger partial charge in [0.15, 0.2) is 5.58 Å². The summed E-state index contributed by atoms with van der Waals surface area (Å²) in [6.07, 6.45) is 0. The highest BCUT2D eigenvalue weighted by Crippen LogP contribution is 2.43. The molecule has 0 bridgehead atoms. The first-order valence-corrected chi connectivity index (χ1v) is 20.0. The average Bonchev–Trinajstić information content (AvgIpc) is 3.70. The van der Waals surface area contributed by atoms with Crippen LogP contribution in [-0.4, -0.2) is 4.98 Å². The molecule has 0 unspecified atom stereocenters. The van der Waals surface area contributed by atoms with Crippen molar-refractivity contribution in [3.63, 3.8) is 0 Å². The molecule has 2 N–H and O–H groups in total. The summed E-state index contributed by atoms with van der Waals surface area (Å²) in [4.78, 5) is 12.4. The third-order valence-electron chi connectivity index (χ3n) is 11.8. The molecule has 0 amide bonds. The first kappa shape index (κ1) is 33.2. The molecule has 0 aliphatic rings. The van der Waals surface area contributed by atoms with E-state index in [1.165, 1.54) is 43.1 Å². The Morgan fingerprint density at radius 1 is 0.305 bits per heavy atom. The highest BCUT2D eigenvalue weighted by Gasteiger charge is 2.29. The molecule has 2 heterocycles. The van der Waals surface area contributed by atoms with E-state index in [4.69, 9.17) is 9.40 Å². The lowest BCUT2D eigenvalue weighted by Crippen LogP contribution is -2.28. The Kier molecular flexibility index (Phi) is 7.50. The van der Waals surface area contributed by atoms with Crippen LogP contribution in [0.1, 0.15) is 0 Å². The molecule has 4 heteroatoms. The molecule has 2 aromatic heterocycles. The number of hydrogen-bond acceptors (Lipinski definition) is 2. The summed E-state index contributed by atoms with van der Waals surface area (Å²) in [6, 6.07) is 71.3. The van der Waals surface area contributed by atoms with Crippen LogP contribution in [0.3, 0.4) is 0 Å². The Hall–Kier alpha value is -7.95. The lowest BCUT2D eigenvalue weighted by Gasteiger charge is -2.11. The normalized spacial score (nSPS) is 11.7. The minimum Gasteiger partial charge on any atom is -0.454 e. The maximum atomic E-state index is 7.15. The zero-order valence-electron chi connectivity index (χ0n) is 31.9. The minimum atomic E-state index is 0.715. The molecule has 0 spiro atoms. The second kappa shape index (κ2) is 13.3. The second-order valence-electron chi connectivity index (χ2n) is 15.3. The summed E-state index contributed by atoms with van der Waals surface area (Å²) in [5.41, 5.74) is 8.97. The third kappa shape index (κ3) is 5.57. The van der Waals surface area contributed by atoms with Crippen LogP contribution in [0, 0.1) is 0 Å². The number of benzene rings is 10. The predicted octanol–water partition coefficient (Wildman–Crippen LogP) is 13.6. The van der Waals surface area contributed by atoms with Crippen molar-refractivity contribution in [2.75, 3.05) is 0 Å². The van der Waals surface area contributed by atoms with E-state index in [0.717, 1.165) is 72.5 Å². The summed E-state index contributed by atoms with van der Waals surface area (Å²) < 4.78 is 7.15. The summed E-state index contributed by atoms with van der Waals surface area (Å²) in [5.74, 6) is 2.34. The number of hydrogen-bond donors (Lipinski definition) is 0. The number of fused-ring (bicyclic) bond motifs is 9. The highest BCUT2D eigenvalue weighted by molar-refractivity contribution is 6.16. The number of aromatic nitrogens is 3. The molecule has 0 fully saturated rings. The van der Waals surface area contributed by atoms with Gasteiger partial charge in [-0.15, -0.1) is 0 Å². The van der Waals surface area contributed by atoms with Gasteiger partial charge in [0.2, 0.25) is 0 Å². The van der Waals surface area contributed by atoms with Crippen LogP contribution in [0.4, 0.5) is 0 Å². The maximum absolute atomic E-state index is 7.15. The molecule has 274 valence electrons. The van der Waals surface area contributed by atoms with Gasteiger partial charge in [0, 0.05) is 16.3 Å². The SMILES string of the molecule is c1ccc(-c2nc(-c3cccc4c3oc3c(-c5ccc6ccc7ccccc7c6c5)cc(-c5ccc6c(ccc7ccccc76)c5)cc34)[nH+]c(-c3ccccc3)[nH+]2)cc1. The van der Waals surface area contributed by atoms with Crippen molar-refractivity contribution >= 4 is 65.0 Å². The molecule has 0 aliphatic heterocycles. The van der Waals surface area contributed by atoms with Crippen molar-refractivity contribution in [1.82, 2.24) is 4.98 Å². The molecule has 0 aliphatic carbocycles. The van der Waals surface area contributed by atoms with Gasteiger partial charge in [0.1, 0.15) is 11.1 Å². The fourth-order valence-electron chi connectivity index (χ4n) is 8.88. The zero-order valence-corrected chi connectivity index (χ0v) is 31.9. The van der Waals surface area contributed by atoms with Crippen molar-refractivity contribution in [1.29, 1.82) is 0 Å². The van der Waals surface area contributed by atoms with Gasteiger partial charge < -0.3 is 4.42 Å². The maximum Gasteiger partial charge on any atom is 0.404 e. The molecule has 0 saturated heterocycles. The van der Waals surface area contributed by atoms with Crippen molar-refractivity contribution in [3.05, 3.63) is 200 Å². The monoisotopic (exact) mass is 753 g/mol. The molecule has 10 aromatic carbocycles. The van der Waals surface area contributed by atoms with Gasteiger partial charge in [-0.2, -0.15) is 9.97 Å². The Balaban J connectivity index is 1.12. The van der Waals surface area contributed by atoms with Gasteiger partial charge in [0.25, 0.3) is 0 Å². The van der Waals surface area contributed by atoms with Crippen LogP contribution in [0.15, 0.2) is 205 Å². The van der Waals surface area contributed by atoms with Gasteiger partial charge >= 0.3 is 17.5 Å². The summed E-state index contributed by atoms with van der Waals surface area (Å²) in [6.45, 7) is 0. The van der Waals surface area contributed by atoms with E-state index in [1.54, 1.807) is 0 Å². The summed E-state index contributed by atoms with van der Waals surface area (Å²) in [5, 5.41) is 11.9. The fraction of sp³-hybridized carbons (Fsp3) is 0. The Bertz CT molecular complexity index is 3550. The smallest absolute Gasteiger partial charge is 0.404 e. The van der Waals surface area contributed by atoms with Crippen LogP contribution in [0.5, 0.6) is 0 Å². The molecule has 12 rings (SSSR count). The van der Waals surface area contributed by atoms with Crippen molar-refractivity contribution in [3.8, 4) is 56.4 Å². The number of H-pyrrole nitrogens is 2. The molecule has 0 radical (unpaired) electrons. The summed E-state index contributed by atoms with van der Waals surface area (Å²) >= 11 is 0. The standard InChI is InChI=1S/C55H33N3O/c1-3-14-37(15-4-1)53-56-54(38-16-5-2-6-17-38)58-55(57-53)47-21-11-20-46-50-33-42(39-28-29-45-40(30-39)26-24-34-12-7-9-18-43(34)45)32-49(52(50)59-51(46)47)41-27-25-36-23-22-35-13-8-10-19-44(35)48(36)31-41/h1-33H/p+2. The quantitative estimate of drug-likeness (QED) is 0.164. The lowest BCUT2D eigenvalue weighted by molar-refractivity contribution is -0.501. The fourth-order valence-corrected chi connectivity index (χ4v) is 8.88. The van der Waals surface area contributed by atoms with Crippen LogP contribution < -0.4 is 9.97 Å². The largest absolute Gasteiger partial charge is 0.454 e. The zero-order chi connectivity index (χ0) is 38.9. The number of furan rings is 1. The minimum absolute atomic E-state index is 0.715. The van der Waals surface area contributed by atoms with Crippen molar-refractivity contribution in [2.45, 2.75) is 0 Å². The highest BCUT2D eigenvalue weighted by atomic mass is 16.3. The van der Waals surface area contributed by atoms with Gasteiger partial charge in [-0.05, 0) is 114 Å². The number of nitrogens with zero attached hydrogens (tertiary/aromatic N) is 1. The number of rotatable bonds is 5. The molecule has 4 nitrogen and oxygen atoms in total. The van der Waals surface area contributed by atoms with Gasteiger partial charge in [-0.3, -0.25) is 0 Å². The van der Waals surface area contributed by atoms with Crippen LogP contribution in [-0.2, 0) is 0 Å². The third-order valence-corrected chi connectivity index (χ3v) is 11.8. The van der Waals surface area contributed by atoms with Crippen molar-refractivity contribution < 1.29 is 14.4 Å². The van der Waals surface area contributed by atoms with E-state index in [0.29, 0.717) is 5.82 Å². The van der Waals surface area contributed by atoms with E-state index in [-0.39, 0.29) is 0 Å². The number of nitrogens with one attached hydrogen (secondary N) is 2. The topological polar surface area (TPSA) is 54.3 Å². The molecule has 12 aromatic rings. The number of para-hydroxylation sites is 1. The van der Waals surface area contributed by atoms with E-state index in [1.807, 2.05) is 36.4 Å². The molecule has 0 saturated carbocycles. The van der Waals surface area contributed by atoms with E-state index < -0.39 is 0 Å². The molecule has 59 heavy (non-hydrogen) atoms. The van der Waals surface area contributed by atoms with Gasteiger partial charge in [-0.25, -0.2) is 0 Å². The first-order chi connectivity index (χ1) is 29.2. The summed E-state index contributed by atoms with van der Waals surface area (Å²) in [7, 11) is 0. The van der Waals surface area contributed by atoms with E-state index in [9.17, 15) is 0 Å². The van der Waals surface area contributed by atoms with Gasteiger partial charge in [-0.1, -0.05) is 146 Å². The van der Waals surface area contributed by atoms with Crippen LogP contribution in [0.2, 0.25) is 0 Å². The number of aromatic amines is 2. The van der Waals surface area contributed by atoms with E-state index in [2.05, 4.69) is 174 Å². The Morgan fingerprint density at radius 3 is 1.64 bits per heavy atom. The molecular weight excluding hydrogens is 719 g/mol.